The van der Waals surface area contributed by atoms with E-state index in [0.717, 1.165) is 18.9 Å². The number of carbonyl (C=O) groups is 1. The van der Waals surface area contributed by atoms with Crippen molar-refractivity contribution in [2.75, 3.05) is 39.0 Å². The molecule has 0 bridgehead atoms. The predicted octanol–water partition coefficient (Wildman–Crippen LogP) is 1.44. The van der Waals surface area contributed by atoms with Gasteiger partial charge in [-0.25, -0.2) is 4.98 Å². The lowest BCUT2D eigenvalue weighted by Gasteiger charge is -2.12. The molecule has 0 aromatic carbocycles. The van der Waals surface area contributed by atoms with E-state index in [1.807, 2.05) is 14.1 Å². The van der Waals surface area contributed by atoms with E-state index in [0.29, 0.717) is 18.0 Å². The molecule has 5 heteroatoms. The summed E-state index contributed by atoms with van der Waals surface area (Å²) >= 11 is 0. The topological polar surface area (TPSA) is 57.3 Å². The van der Waals surface area contributed by atoms with Crippen LogP contribution in [0.2, 0.25) is 0 Å². The standard InChI is InChI=1S/C14H24N4O/c1-11(2)10-17-14(19)12-5-6-15-13(9-12)16-7-8-18(3)4/h5-6,9,11H,7-8,10H2,1-4H3,(H,15,16)(H,17,19). The van der Waals surface area contributed by atoms with Crippen LogP contribution in [0.3, 0.4) is 0 Å². The average Bonchev–Trinajstić information content (AvgIpc) is 2.36. The lowest BCUT2D eigenvalue weighted by molar-refractivity contribution is 0.0949. The number of likely N-dealkylation sites (N-methyl/N-ethyl adjacent to an activating group) is 1. The summed E-state index contributed by atoms with van der Waals surface area (Å²) in [5.74, 6) is 1.13. The number of hydrogen-bond donors (Lipinski definition) is 2. The maximum absolute atomic E-state index is 11.9. The highest BCUT2D eigenvalue weighted by molar-refractivity contribution is 5.94. The second kappa shape index (κ2) is 7.74. The zero-order valence-electron chi connectivity index (χ0n) is 12.2. The molecule has 0 aliphatic carbocycles. The molecule has 0 atom stereocenters. The van der Waals surface area contributed by atoms with Gasteiger partial charge in [-0.2, -0.15) is 0 Å². The first kappa shape index (κ1) is 15.4. The lowest BCUT2D eigenvalue weighted by Crippen LogP contribution is -2.27. The summed E-state index contributed by atoms with van der Waals surface area (Å²) in [4.78, 5) is 18.2. The molecule has 0 aliphatic heterocycles. The van der Waals surface area contributed by atoms with Gasteiger partial charge in [-0.05, 0) is 32.1 Å². The van der Waals surface area contributed by atoms with E-state index in [9.17, 15) is 4.79 Å². The van der Waals surface area contributed by atoms with Gasteiger partial charge in [0.05, 0.1) is 0 Å². The van der Waals surface area contributed by atoms with Crippen LogP contribution >= 0.6 is 0 Å². The van der Waals surface area contributed by atoms with Gasteiger partial charge in [0, 0.05) is 31.4 Å². The van der Waals surface area contributed by atoms with Crippen LogP contribution in [0.5, 0.6) is 0 Å². The van der Waals surface area contributed by atoms with Crippen LogP contribution in [0.1, 0.15) is 24.2 Å². The smallest absolute Gasteiger partial charge is 0.251 e. The first-order valence-electron chi connectivity index (χ1n) is 6.62. The van der Waals surface area contributed by atoms with E-state index in [-0.39, 0.29) is 5.91 Å². The first-order chi connectivity index (χ1) is 8.99. The van der Waals surface area contributed by atoms with Crippen LogP contribution in [-0.4, -0.2) is 49.5 Å². The van der Waals surface area contributed by atoms with Crippen LogP contribution in [0.15, 0.2) is 18.3 Å². The van der Waals surface area contributed by atoms with Crippen molar-refractivity contribution in [1.82, 2.24) is 15.2 Å². The van der Waals surface area contributed by atoms with Gasteiger partial charge in [-0.15, -0.1) is 0 Å². The van der Waals surface area contributed by atoms with Gasteiger partial charge in [-0.1, -0.05) is 13.8 Å². The minimum Gasteiger partial charge on any atom is -0.369 e. The minimum atomic E-state index is -0.0493. The van der Waals surface area contributed by atoms with Crippen molar-refractivity contribution in [2.45, 2.75) is 13.8 Å². The summed E-state index contributed by atoms with van der Waals surface area (Å²) in [6, 6.07) is 3.51. The van der Waals surface area contributed by atoms with Crippen molar-refractivity contribution in [3.8, 4) is 0 Å². The number of rotatable bonds is 7. The molecule has 1 aromatic heterocycles. The van der Waals surface area contributed by atoms with Crippen molar-refractivity contribution in [1.29, 1.82) is 0 Å². The van der Waals surface area contributed by atoms with E-state index in [1.165, 1.54) is 0 Å². The monoisotopic (exact) mass is 264 g/mol. The molecular weight excluding hydrogens is 240 g/mol. The van der Waals surface area contributed by atoms with Gasteiger partial charge >= 0.3 is 0 Å². The Kier molecular flexibility index (Phi) is 6.29. The van der Waals surface area contributed by atoms with Gasteiger partial charge < -0.3 is 15.5 Å². The quantitative estimate of drug-likeness (QED) is 0.782. The van der Waals surface area contributed by atoms with Crippen molar-refractivity contribution in [2.24, 2.45) is 5.92 Å². The lowest BCUT2D eigenvalue weighted by atomic mass is 10.2. The van der Waals surface area contributed by atoms with Gasteiger partial charge in [0.25, 0.3) is 5.91 Å². The number of hydrogen-bond acceptors (Lipinski definition) is 4. The fraction of sp³-hybridized carbons (Fsp3) is 0.571. The molecular formula is C14H24N4O. The summed E-state index contributed by atoms with van der Waals surface area (Å²) in [6.07, 6.45) is 1.66. The summed E-state index contributed by atoms with van der Waals surface area (Å²) < 4.78 is 0. The molecule has 1 heterocycles. The van der Waals surface area contributed by atoms with E-state index >= 15 is 0 Å². The summed E-state index contributed by atoms with van der Waals surface area (Å²) in [7, 11) is 4.04. The molecule has 1 aromatic rings. The first-order valence-corrected chi connectivity index (χ1v) is 6.62. The number of anilines is 1. The van der Waals surface area contributed by atoms with Crippen molar-refractivity contribution < 1.29 is 4.79 Å². The largest absolute Gasteiger partial charge is 0.369 e. The Bertz CT molecular complexity index is 404. The number of nitrogens with zero attached hydrogens (tertiary/aromatic N) is 2. The Balaban J connectivity index is 2.53. The molecule has 1 amide bonds. The Hall–Kier alpha value is -1.62. The molecule has 0 aliphatic rings. The van der Waals surface area contributed by atoms with Crippen LogP contribution in [0.4, 0.5) is 5.82 Å². The third-order valence-electron chi connectivity index (χ3n) is 2.56. The zero-order chi connectivity index (χ0) is 14.3. The molecule has 0 saturated heterocycles. The molecule has 1 rings (SSSR count). The fourth-order valence-corrected chi connectivity index (χ4v) is 1.47. The number of amides is 1. The molecule has 0 fully saturated rings. The van der Waals surface area contributed by atoms with Gasteiger partial charge in [0.2, 0.25) is 0 Å². The summed E-state index contributed by atoms with van der Waals surface area (Å²) in [5, 5.41) is 6.10. The normalized spacial score (nSPS) is 10.8. The van der Waals surface area contributed by atoms with E-state index < -0.39 is 0 Å². The highest BCUT2D eigenvalue weighted by Gasteiger charge is 2.07. The highest BCUT2D eigenvalue weighted by atomic mass is 16.1. The van der Waals surface area contributed by atoms with Crippen LogP contribution in [0.25, 0.3) is 0 Å². The van der Waals surface area contributed by atoms with Gasteiger partial charge in [0.1, 0.15) is 5.82 Å². The highest BCUT2D eigenvalue weighted by Crippen LogP contribution is 2.06. The van der Waals surface area contributed by atoms with Crippen molar-refractivity contribution in [3.05, 3.63) is 23.9 Å². The number of carbonyl (C=O) groups excluding carboxylic acids is 1. The molecule has 0 saturated carbocycles. The van der Waals surface area contributed by atoms with Gasteiger partial charge in [-0.3, -0.25) is 4.79 Å². The number of pyridine rings is 1. The van der Waals surface area contributed by atoms with Gasteiger partial charge in [0.15, 0.2) is 0 Å². The molecule has 106 valence electrons. The predicted molar refractivity (Wildman–Crippen MR) is 78.5 cm³/mol. The maximum Gasteiger partial charge on any atom is 0.251 e. The molecule has 19 heavy (non-hydrogen) atoms. The van der Waals surface area contributed by atoms with E-state index in [1.54, 1.807) is 18.3 Å². The third-order valence-corrected chi connectivity index (χ3v) is 2.56. The van der Waals surface area contributed by atoms with Crippen molar-refractivity contribution >= 4 is 11.7 Å². The average molecular weight is 264 g/mol. The maximum atomic E-state index is 11.9. The minimum absolute atomic E-state index is 0.0493. The van der Waals surface area contributed by atoms with Crippen LogP contribution in [0, 0.1) is 5.92 Å². The SMILES string of the molecule is CC(C)CNC(=O)c1ccnc(NCCN(C)C)c1. The molecule has 5 nitrogen and oxygen atoms in total. The van der Waals surface area contributed by atoms with E-state index in [4.69, 9.17) is 0 Å². The summed E-state index contributed by atoms with van der Waals surface area (Å²) in [6.45, 7) is 6.55. The second-order valence-electron chi connectivity index (χ2n) is 5.26. The third kappa shape index (κ3) is 6.20. The van der Waals surface area contributed by atoms with E-state index in [2.05, 4.69) is 34.4 Å². The molecule has 0 unspecified atom stereocenters. The zero-order valence-corrected chi connectivity index (χ0v) is 12.2. The fourth-order valence-electron chi connectivity index (χ4n) is 1.47. The Labute approximate surface area is 115 Å². The second-order valence-corrected chi connectivity index (χ2v) is 5.26. The molecule has 2 N–H and O–H groups in total. The molecule has 0 spiro atoms. The van der Waals surface area contributed by atoms with Crippen molar-refractivity contribution in [3.63, 3.8) is 0 Å². The Morgan fingerprint density at radius 2 is 2.16 bits per heavy atom. The van der Waals surface area contributed by atoms with Crippen LogP contribution in [-0.2, 0) is 0 Å². The number of aromatic nitrogens is 1. The Morgan fingerprint density at radius 1 is 1.42 bits per heavy atom. The molecule has 0 radical (unpaired) electrons. The Morgan fingerprint density at radius 3 is 2.79 bits per heavy atom. The number of nitrogens with one attached hydrogen (secondary N) is 2. The summed E-state index contributed by atoms with van der Waals surface area (Å²) in [5.41, 5.74) is 0.642. The van der Waals surface area contributed by atoms with Crippen LogP contribution < -0.4 is 10.6 Å².